The molecule has 0 aliphatic rings. The molecule has 0 aliphatic carbocycles. The third-order valence-electron chi connectivity index (χ3n) is 1.05. The zero-order chi connectivity index (χ0) is 8.20. The van der Waals surface area contributed by atoms with Gasteiger partial charge in [-0.2, -0.15) is 0 Å². The molecular formula is C7H19NOSi. The molecule has 0 fully saturated rings. The molecule has 1 atom stereocenters. The number of rotatable bonds is 3. The van der Waals surface area contributed by atoms with E-state index >= 15 is 0 Å². The van der Waals surface area contributed by atoms with E-state index in [-0.39, 0.29) is 5.54 Å². The van der Waals surface area contributed by atoms with E-state index < -0.39 is 9.20 Å². The predicted octanol–water partition coefficient (Wildman–Crippen LogP) is 1.26. The van der Waals surface area contributed by atoms with Crippen molar-refractivity contribution in [2.45, 2.75) is 39.8 Å². The molecule has 0 aliphatic heterocycles. The lowest BCUT2D eigenvalue weighted by Gasteiger charge is -2.24. The van der Waals surface area contributed by atoms with Gasteiger partial charge < -0.3 is 9.41 Å². The van der Waals surface area contributed by atoms with Gasteiger partial charge in [0.05, 0.1) is 0 Å². The minimum atomic E-state index is -1.08. The topological polar surface area (TPSA) is 21.3 Å². The van der Waals surface area contributed by atoms with Gasteiger partial charge in [0.2, 0.25) is 9.20 Å². The Morgan fingerprint density at radius 3 is 2.20 bits per heavy atom. The van der Waals surface area contributed by atoms with Crippen molar-refractivity contribution in [1.29, 1.82) is 0 Å². The molecule has 0 amide bonds. The summed E-state index contributed by atoms with van der Waals surface area (Å²) in [5, 5.41) is 0. The molecule has 0 radical (unpaired) electrons. The average molecular weight is 161 g/mol. The fourth-order valence-electron chi connectivity index (χ4n) is 0.901. The van der Waals surface area contributed by atoms with Crippen LogP contribution < -0.4 is 4.98 Å². The van der Waals surface area contributed by atoms with Gasteiger partial charge in [0.1, 0.15) is 0 Å². The zero-order valence-electron chi connectivity index (χ0n) is 7.69. The van der Waals surface area contributed by atoms with E-state index in [0.717, 1.165) is 6.61 Å². The van der Waals surface area contributed by atoms with Gasteiger partial charge in [-0.1, -0.05) is 0 Å². The standard InChI is InChI=1S/C7H19NOSi/c1-6-9-10(5)8-7(2,3)4/h8,10H,6H2,1-5H3. The van der Waals surface area contributed by atoms with Gasteiger partial charge >= 0.3 is 0 Å². The molecule has 0 bridgehead atoms. The van der Waals surface area contributed by atoms with E-state index in [9.17, 15) is 0 Å². The van der Waals surface area contributed by atoms with Crippen LogP contribution in [-0.4, -0.2) is 21.3 Å². The molecule has 0 aromatic carbocycles. The van der Waals surface area contributed by atoms with Gasteiger partial charge in [0.15, 0.2) is 0 Å². The first-order chi connectivity index (χ1) is 4.45. The minimum absolute atomic E-state index is 0.209. The molecule has 2 nitrogen and oxygen atoms in total. The summed E-state index contributed by atoms with van der Waals surface area (Å²) in [7, 11) is -1.08. The maximum absolute atomic E-state index is 5.45. The lowest BCUT2D eigenvalue weighted by atomic mass is 10.1. The molecular weight excluding hydrogens is 142 g/mol. The summed E-state index contributed by atoms with van der Waals surface area (Å²) in [5.74, 6) is 0. The Morgan fingerprint density at radius 2 is 1.90 bits per heavy atom. The second kappa shape index (κ2) is 4.11. The van der Waals surface area contributed by atoms with Crippen LogP contribution in [0.1, 0.15) is 27.7 Å². The maximum Gasteiger partial charge on any atom is 0.249 e. The van der Waals surface area contributed by atoms with E-state index in [1.54, 1.807) is 0 Å². The van der Waals surface area contributed by atoms with Crippen molar-refractivity contribution in [2.75, 3.05) is 6.61 Å². The van der Waals surface area contributed by atoms with E-state index in [1.165, 1.54) is 0 Å². The van der Waals surface area contributed by atoms with Crippen molar-refractivity contribution in [1.82, 2.24) is 4.98 Å². The smallest absolute Gasteiger partial charge is 0.249 e. The van der Waals surface area contributed by atoms with Gasteiger partial charge in [0.25, 0.3) is 0 Å². The average Bonchev–Trinajstić information content (AvgIpc) is 1.59. The number of hydrogen-bond donors (Lipinski definition) is 1. The monoisotopic (exact) mass is 161 g/mol. The van der Waals surface area contributed by atoms with Gasteiger partial charge in [0, 0.05) is 12.1 Å². The van der Waals surface area contributed by atoms with E-state index in [4.69, 9.17) is 4.43 Å². The van der Waals surface area contributed by atoms with Crippen LogP contribution in [0.25, 0.3) is 0 Å². The summed E-state index contributed by atoms with van der Waals surface area (Å²) in [5.41, 5.74) is 0.209. The van der Waals surface area contributed by atoms with Crippen LogP contribution in [0.4, 0.5) is 0 Å². The van der Waals surface area contributed by atoms with Crippen LogP contribution in [0.3, 0.4) is 0 Å². The molecule has 1 unspecified atom stereocenters. The SMILES string of the molecule is CCO[SiH](C)NC(C)(C)C. The zero-order valence-corrected chi connectivity index (χ0v) is 8.85. The van der Waals surface area contributed by atoms with E-state index in [0.29, 0.717) is 0 Å². The highest BCUT2D eigenvalue weighted by Crippen LogP contribution is 1.99. The summed E-state index contributed by atoms with van der Waals surface area (Å²) in [6.07, 6.45) is 0. The lowest BCUT2D eigenvalue weighted by molar-refractivity contribution is 0.322. The first-order valence-electron chi connectivity index (χ1n) is 3.85. The normalized spacial score (nSPS) is 15.3. The second-order valence-corrected chi connectivity index (χ2v) is 5.40. The fourth-order valence-corrected chi connectivity index (χ4v) is 2.70. The highest BCUT2D eigenvalue weighted by atomic mass is 28.3. The maximum atomic E-state index is 5.45. The Bertz CT molecular complexity index is 90.1. The van der Waals surface area contributed by atoms with Crippen LogP contribution in [0.15, 0.2) is 0 Å². The first-order valence-corrected chi connectivity index (χ1v) is 6.05. The Labute approximate surface area is 65.8 Å². The molecule has 0 spiro atoms. The largest absolute Gasteiger partial charge is 0.406 e. The van der Waals surface area contributed by atoms with Gasteiger partial charge in [-0.05, 0) is 34.2 Å². The van der Waals surface area contributed by atoms with Crippen molar-refractivity contribution >= 4 is 9.20 Å². The third kappa shape index (κ3) is 6.26. The van der Waals surface area contributed by atoms with Crippen LogP contribution in [0, 0.1) is 0 Å². The quantitative estimate of drug-likeness (QED) is 0.629. The van der Waals surface area contributed by atoms with Gasteiger partial charge in [-0.25, -0.2) is 0 Å². The molecule has 0 saturated heterocycles. The molecule has 0 saturated carbocycles. The number of nitrogens with one attached hydrogen (secondary N) is 1. The van der Waals surface area contributed by atoms with E-state index in [1.807, 2.05) is 6.92 Å². The fraction of sp³-hybridized carbons (Fsp3) is 1.00. The molecule has 0 rings (SSSR count). The van der Waals surface area contributed by atoms with Gasteiger partial charge in [-0.3, -0.25) is 0 Å². The molecule has 10 heavy (non-hydrogen) atoms. The second-order valence-electron chi connectivity index (χ2n) is 3.49. The van der Waals surface area contributed by atoms with E-state index in [2.05, 4.69) is 32.3 Å². The third-order valence-corrected chi connectivity index (χ3v) is 3.16. The highest BCUT2D eigenvalue weighted by Gasteiger charge is 2.14. The van der Waals surface area contributed by atoms with Crippen molar-refractivity contribution in [3.05, 3.63) is 0 Å². The minimum Gasteiger partial charge on any atom is -0.406 e. The molecule has 0 heterocycles. The summed E-state index contributed by atoms with van der Waals surface area (Å²) in [4.78, 5) is 3.44. The van der Waals surface area contributed by atoms with Crippen LogP contribution in [-0.2, 0) is 4.43 Å². The molecule has 0 aromatic heterocycles. The summed E-state index contributed by atoms with van der Waals surface area (Å²) < 4.78 is 5.45. The molecule has 1 N–H and O–H groups in total. The van der Waals surface area contributed by atoms with Crippen molar-refractivity contribution in [2.24, 2.45) is 0 Å². The Hall–Kier alpha value is 0.137. The van der Waals surface area contributed by atoms with Crippen LogP contribution in [0.2, 0.25) is 6.55 Å². The lowest BCUT2D eigenvalue weighted by Crippen LogP contribution is -2.46. The summed E-state index contributed by atoms with van der Waals surface area (Å²) in [6.45, 7) is 11.5. The Kier molecular flexibility index (Phi) is 4.16. The molecule has 62 valence electrons. The van der Waals surface area contributed by atoms with Crippen molar-refractivity contribution in [3.63, 3.8) is 0 Å². The summed E-state index contributed by atoms with van der Waals surface area (Å²) in [6, 6.07) is 0. The summed E-state index contributed by atoms with van der Waals surface area (Å²) >= 11 is 0. The van der Waals surface area contributed by atoms with Crippen LogP contribution in [0.5, 0.6) is 0 Å². The van der Waals surface area contributed by atoms with Gasteiger partial charge in [-0.15, -0.1) is 0 Å². The van der Waals surface area contributed by atoms with Crippen molar-refractivity contribution in [3.8, 4) is 0 Å². The number of hydrogen-bond acceptors (Lipinski definition) is 2. The molecule has 0 aromatic rings. The Morgan fingerprint density at radius 1 is 1.40 bits per heavy atom. The van der Waals surface area contributed by atoms with Crippen molar-refractivity contribution < 1.29 is 4.43 Å². The first kappa shape index (κ1) is 10.1. The van der Waals surface area contributed by atoms with Crippen LogP contribution >= 0.6 is 0 Å². The highest BCUT2D eigenvalue weighted by molar-refractivity contribution is 6.47. The Balaban J connectivity index is 3.47. The molecule has 3 heteroatoms. The predicted molar refractivity (Wildman–Crippen MR) is 47.5 cm³/mol.